The molecule has 28 heavy (non-hydrogen) atoms. The van der Waals surface area contributed by atoms with Crippen molar-refractivity contribution in [1.29, 1.82) is 0 Å². The second kappa shape index (κ2) is 9.61. The van der Waals surface area contributed by atoms with Crippen molar-refractivity contribution in [3.8, 4) is 11.5 Å². The normalized spacial score (nSPS) is 17.7. The molecule has 1 aromatic rings. The number of rotatable bonds is 8. The molecule has 1 N–H and O–H groups in total. The Kier molecular flexibility index (Phi) is 6.94. The maximum atomic E-state index is 12.8. The van der Waals surface area contributed by atoms with Gasteiger partial charge in [-0.05, 0) is 12.1 Å². The highest BCUT2D eigenvalue weighted by molar-refractivity contribution is 5.97. The standard InChI is InChI=1S/C19H28N4O5/c1-26-15-3-4-17(27-2)16(13-15)23-8-7-22(19(23)25)14-18(24)20-5-6-21-9-11-28-12-10-21/h3-4,13H,5-12,14H2,1-2H3,(H,20,24). The number of carbonyl (C=O) groups is 2. The van der Waals surface area contributed by atoms with Crippen LogP contribution in [0.3, 0.4) is 0 Å². The summed E-state index contributed by atoms with van der Waals surface area (Å²) in [6, 6.07) is 5.10. The fourth-order valence-corrected chi connectivity index (χ4v) is 3.37. The number of anilines is 1. The molecule has 2 fully saturated rings. The van der Waals surface area contributed by atoms with Crippen molar-refractivity contribution in [2.45, 2.75) is 0 Å². The van der Waals surface area contributed by atoms with Crippen LogP contribution < -0.4 is 19.7 Å². The Labute approximate surface area is 165 Å². The minimum absolute atomic E-state index is 0.0464. The van der Waals surface area contributed by atoms with Crippen LogP contribution in [0.15, 0.2) is 18.2 Å². The average Bonchev–Trinajstić information content (AvgIpc) is 3.08. The van der Waals surface area contributed by atoms with Crippen molar-refractivity contribution < 1.29 is 23.8 Å². The van der Waals surface area contributed by atoms with E-state index in [9.17, 15) is 9.59 Å². The Hall–Kier alpha value is -2.52. The Morgan fingerprint density at radius 1 is 1.14 bits per heavy atom. The van der Waals surface area contributed by atoms with E-state index < -0.39 is 0 Å². The molecule has 2 saturated heterocycles. The number of ether oxygens (including phenoxy) is 3. The summed E-state index contributed by atoms with van der Waals surface area (Å²) in [5.74, 6) is 1.08. The Morgan fingerprint density at radius 3 is 2.64 bits per heavy atom. The molecular formula is C19H28N4O5. The number of methoxy groups -OCH3 is 2. The highest BCUT2D eigenvalue weighted by Gasteiger charge is 2.32. The SMILES string of the molecule is COc1ccc(OC)c(N2CCN(CC(=O)NCCN3CCOCC3)C2=O)c1. The van der Waals surface area contributed by atoms with E-state index in [1.165, 1.54) is 0 Å². The molecule has 0 saturated carbocycles. The molecule has 0 aliphatic carbocycles. The van der Waals surface area contributed by atoms with Crippen molar-refractivity contribution in [2.75, 3.05) is 78.1 Å². The fourth-order valence-electron chi connectivity index (χ4n) is 3.37. The van der Waals surface area contributed by atoms with Gasteiger partial charge in [0.2, 0.25) is 5.91 Å². The maximum Gasteiger partial charge on any atom is 0.325 e. The molecule has 9 nitrogen and oxygen atoms in total. The van der Waals surface area contributed by atoms with Gasteiger partial charge in [0.25, 0.3) is 0 Å². The molecule has 9 heteroatoms. The van der Waals surface area contributed by atoms with Gasteiger partial charge in [-0.1, -0.05) is 0 Å². The van der Waals surface area contributed by atoms with Gasteiger partial charge in [-0.2, -0.15) is 0 Å². The largest absolute Gasteiger partial charge is 0.497 e. The van der Waals surface area contributed by atoms with E-state index in [-0.39, 0.29) is 18.5 Å². The molecule has 0 spiro atoms. The molecule has 2 heterocycles. The molecule has 154 valence electrons. The van der Waals surface area contributed by atoms with Crippen LogP contribution in [0.2, 0.25) is 0 Å². The molecule has 3 amide bonds. The van der Waals surface area contributed by atoms with Gasteiger partial charge < -0.3 is 24.4 Å². The number of urea groups is 1. The first kappa shape index (κ1) is 20.2. The third-order valence-corrected chi connectivity index (χ3v) is 4.96. The Bertz CT molecular complexity index is 693. The highest BCUT2D eigenvalue weighted by atomic mass is 16.5. The molecule has 0 atom stereocenters. The van der Waals surface area contributed by atoms with Crippen molar-refractivity contribution >= 4 is 17.6 Å². The molecule has 2 aliphatic heterocycles. The topological polar surface area (TPSA) is 83.6 Å². The molecule has 0 unspecified atom stereocenters. The lowest BCUT2D eigenvalue weighted by Gasteiger charge is -2.26. The van der Waals surface area contributed by atoms with Crippen molar-refractivity contribution in [2.24, 2.45) is 0 Å². The molecule has 0 aromatic heterocycles. The molecule has 0 bridgehead atoms. The van der Waals surface area contributed by atoms with Gasteiger partial charge in [-0.25, -0.2) is 4.79 Å². The predicted molar refractivity (Wildman–Crippen MR) is 104 cm³/mol. The number of hydrogen-bond donors (Lipinski definition) is 1. The highest BCUT2D eigenvalue weighted by Crippen LogP contribution is 2.34. The summed E-state index contributed by atoms with van der Waals surface area (Å²) < 4.78 is 15.9. The van der Waals surface area contributed by atoms with Crippen LogP contribution in [-0.2, 0) is 9.53 Å². The number of hydrogen-bond acceptors (Lipinski definition) is 6. The first-order valence-corrected chi connectivity index (χ1v) is 9.47. The van der Waals surface area contributed by atoms with Gasteiger partial charge in [-0.15, -0.1) is 0 Å². The lowest BCUT2D eigenvalue weighted by Crippen LogP contribution is -2.44. The smallest absolute Gasteiger partial charge is 0.325 e. The van der Waals surface area contributed by atoms with Crippen molar-refractivity contribution in [3.05, 3.63) is 18.2 Å². The molecule has 3 rings (SSSR count). The van der Waals surface area contributed by atoms with E-state index in [1.807, 2.05) is 0 Å². The number of benzene rings is 1. The third kappa shape index (κ3) is 4.85. The van der Waals surface area contributed by atoms with Crippen LogP contribution in [0, 0.1) is 0 Å². The van der Waals surface area contributed by atoms with Gasteiger partial charge in [-0.3, -0.25) is 14.6 Å². The van der Waals surface area contributed by atoms with E-state index in [1.54, 1.807) is 42.2 Å². The van der Waals surface area contributed by atoms with Crippen LogP contribution in [0.1, 0.15) is 0 Å². The van der Waals surface area contributed by atoms with Gasteiger partial charge in [0.1, 0.15) is 18.0 Å². The first-order valence-electron chi connectivity index (χ1n) is 9.47. The van der Waals surface area contributed by atoms with Crippen molar-refractivity contribution in [3.63, 3.8) is 0 Å². The zero-order valence-corrected chi connectivity index (χ0v) is 16.5. The fraction of sp³-hybridized carbons (Fsp3) is 0.579. The first-order chi connectivity index (χ1) is 13.6. The van der Waals surface area contributed by atoms with Crippen LogP contribution in [-0.4, -0.2) is 95.0 Å². The van der Waals surface area contributed by atoms with Crippen LogP contribution in [0.25, 0.3) is 0 Å². The lowest BCUT2D eigenvalue weighted by atomic mass is 10.2. The minimum Gasteiger partial charge on any atom is -0.497 e. The number of nitrogens with one attached hydrogen (secondary N) is 1. The van der Waals surface area contributed by atoms with Crippen LogP contribution in [0.4, 0.5) is 10.5 Å². The van der Waals surface area contributed by atoms with Crippen molar-refractivity contribution in [1.82, 2.24) is 15.1 Å². The van der Waals surface area contributed by atoms with Gasteiger partial charge in [0.15, 0.2) is 0 Å². The monoisotopic (exact) mass is 392 g/mol. The predicted octanol–water partition coefficient (Wildman–Crippen LogP) is 0.394. The molecule has 1 aromatic carbocycles. The second-order valence-electron chi connectivity index (χ2n) is 6.70. The minimum atomic E-state index is -0.213. The number of carbonyl (C=O) groups excluding carboxylic acids is 2. The Balaban J connectivity index is 1.51. The average molecular weight is 392 g/mol. The van der Waals surface area contributed by atoms with E-state index in [0.29, 0.717) is 36.8 Å². The summed E-state index contributed by atoms with van der Waals surface area (Å²) in [6.07, 6.45) is 0. The van der Waals surface area contributed by atoms with Crippen LogP contribution >= 0.6 is 0 Å². The van der Waals surface area contributed by atoms with E-state index in [2.05, 4.69) is 10.2 Å². The van der Waals surface area contributed by atoms with E-state index in [4.69, 9.17) is 14.2 Å². The molecular weight excluding hydrogens is 364 g/mol. The summed E-state index contributed by atoms with van der Waals surface area (Å²) in [6.45, 7) is 5.61. The zero-order valence-electron chi connectivity index (χ0n) is 16.5. The van der Waals surface area contributed by atoms with E-state index >= 15 is 0 Å². The van der Waals surface area contributed by atoms with Gasteiger partial charge in [0.05, 0.1) is 33.1 Å². The second-order valence-corrected chi connectivity index (χ2v) is 6.70. The van der Waals surface area contributed by atoms with Gasteiger partial charge in [0, 0.05) is 45.3 Å². The number of nitrogens with zero attached hydrogens (tertiary/aromatic N) is 3. The van der Waals surface area contributed by atoms with Crippen LogP contribution in [0.5, 0.6) is 11.5 Å². The molecule has 2 aliphatic rings. The lowest BCUT2D eigenvalue weighted by molar-refractivity contribution is -0.121. The van der Waals surface area contributed by atoms with E-state index in [0.717, 1.165) is 32.8 Å². The maximum absolute atomic E-state index is 12.8. The summed E-state index contributed by atoms with van der Waals surface area (Å²) in [7, 11) is 3.14. The zero-order chi connectivity index (χ0) is 19.9. The number of morpholine rings is 1. The summed E-state index contributed by atoms with van der Waals surface area (Å²) in [4.78, 5) is 30.4. The summed E-state index contributed by atoms with van der Waals surface area (Å²) in [5.41, 5.74) is 0.641. The molecule has 0 radical (unpaired) electrons. The summed E-state index contributed by atoms with van der Waals surface area (Å²) >= 11 is 0. The Morgan fingerprint density at radius 2 is 1.93 bits per heavy atom. The summed E-state index contributed by atoms with van der Waals surface area (Å²) in [5, 5.41) is 2.89. The van der Waals surface area contributed by atoms with Gasteiger partial charge >= 0.3 is 6.03 Å². The number of amides is 3. The quantitative estimate of drug-likeness (QED) is 0.689. The third-order valence-electron chi connectivity index (χ3n) is 4.96.